The summed E-state index contributed by atoms with van der Waals surface area (Å²) in [6.07, 6.45) is 3.61. The van der Waals surface area contributed by atoms with E-state index in [1.165, 1.54) is 20.3 Å². The summed E-state index contributed by atoms with van der Waals surface area (Å²) in [5.41, 5.74) is 2.31. The van der Waals surface area contributed by atoms with Crippen molar-refractivity contribution < 1.29 is 4.52 Å². The number of rotatable bonds is 8. The number of hydrogen-bond donors (Lipinski definition) is 1. The van der Waals surface area contributed by atoms with Crippen molar-refractivity contribution >= 4 is 22.8 Å². The van der Waals surface area contributed by atoms with E-state index < -0.39 is 5.56 Å². The van der Waals surface area contributed by atoms with Crippen LogP contribution < -0.4 is 11.2 Å². The van der Waals surface area contributed by atoms with Gasteiger partial charge >= 0.3 is 5.69 Å². The highest BCUT2D eigenvalue weighted by Crippen LogP contribution is 2.38. The van der Waals surface area contributed by atoms with E-state index in [-0.39, 0.29) is 29.0 Å². The number of unbranched alkanes of at least 4 members (excludes halogenated alkanes) is 1. The third-order valence-electron chi connectivity index (χ3n) is 5.99. The summed E-state index contributed by atoms with van der Waals surface area (Å²) in [5, 5.41) is 4.23. The van der Waals surface area contributed by atoms with E-state index in [1.54, 1.807) is 0 Å². The van der Waals surface area contributed by atoms with Crippen molar-refractivity contribution in [2.24, 2.45) is 0 Å². The first kappa shape index (κ1) is 20.7. The molecule has 4 aromatic rings. The first-order chi connectivity index (χ1) is 15.6. The molecule has 0 fully saturated rings. The van der Waals surface area contributed by atoms with Crippen LogP contribution in [0, 0.1) is 0 Å². The predicted octanol–water partition coefficient (Wildman–Crippen LogP) is 3.04. The SMILES string of the molecule is CCCCn1c(=O)n(CCCc2nc(C3Cc4ccccc43)no2)c(=O)c2[nH]c(Cl)nc21. The maximum Gasteiger partial charge on any atom is 0.332 e. The van der Waals surface area contributed by atoms with E-state index in [0.717, 1.165) is 19.3 Å². The topological polar surface area (TPSA) is 112 Å². The molecule has 1 N–H and O–H groups in total. The van der Waals surface area contributed by atoms with Gasteiger partial charge in [0.25, 0.3) is 5.56 Å². The Labute approximate surface area is 188 Å². The summed E-state index contributed by atoms with van der Waals surface area (Å²) in [5.74, 6) is 1.37. The summed E-state index contributed by atoms with van der Waals surface area (Å²) in [6, 6.07) is 8.25. The lowest BCUT2D eigenvalue weighted by Crippen LogP contribution is -2.40. The summed E-state index contributed by atoms with van der Waals surface area (Å²) in [6.45, 7) is 2.75. The standard InChI is InChI=1S/C22H23ClN6O3/c1-2-3-10-28-19-17(25-21(23)26-19)20(30)29(22(28)31)11-6-9-16-24-18(27-32-16)15-12-13-7-4-5-8-14(13)15/h4-5,7-8,15H,2-3,6,9-12H2,1H3,(H,25,26). The highest BCUT2D eigenvalue weighted by molar-refractivity contribution is 6.28. The van der Waals surface area contributed by atoms with Gasteiger partial charge in [-0.3, -0.25) is 13.9 Å². The highest BCUT2D eigenvalue weighted by atomic mass is 35.5. The molecule has 1 atom stereocenters. The number of nitrogens with one attached hydrogen (secondary N) is 1. The van der Waals surface area contributed by atoms with Gasteiger partial charge in [-0.2, -0.15) is 9.97 Å². The number of fused-ring (bicyclic) bond motifs is 2. The van der Waals surface area contributed by atoms with Crippen molar-refractivity contribution in [3.05, 3.63) is 73.2 Å². The number of aromatic amines is 1. The number of imidazole rings is 1. The van der Waals surface area contributed by atoms with Crippen LogP contribution in [0.4, 0.5) is 0 Å². The molecule has 32 heavy (non-hydrogen) atoms. The monoisotopic (exact) mass is 454 g/mol. The minimum Gasteiger partial charge on any atom is -0.339 e. The average Bonchev–Trinajstić information content (AvgIpc) is 3.38. The zero-order chi connectivity index (χ0) is 22.2. The van der Waals surface area contributed by atoms with Crippen molar-refractivity contribution in [3.8, 4) is 0 Å². The van der Waals surface area contributed by atoms with Gasteiger partial charge in [-0.25, -0.2) is 4.79 Å². The molecule has 1 unspecified atom stereocenters. The Bertz CT molecular complexity index is 1400. The van der Waals surface area contributed by atoms with Gasteiger partial charge in [0.2, 0.25) is 11.2 Å². The number of benzene rings is 1. The molecule has 10 heteroatoms. The van der Waals surface area contributed by atoms with E-state index in [0.29, 0.717) is 36.7 Å². The normalized spacial score (nSPS) is 15.1. The van der Waals surface area contributed by atoms with Crippen molar-refractivity contribution in [1.29, 1.82) is 0 Å². The van der Waals surface area contributed by atoms with E-state index in [2.05, 4.69) is 32.2 Å². The van der Waals surface area contributed by atoms with Gasteiger partial charge in [-0.05, 0) is 42.0 Å². The molecule has 1 aliphatic rings. The summed E-state index contributed by atoms with van der Waals surface area (Å²) < 4.78 is 8.16. The maximum absolute atomic E-state index is 13.0. The molecule has 5 rings (SSSR count). The third-order valence-corrected chi connectivity index (χ3v) is 6.17. The van der Waals surface area contributed by atoms with Gasteiger partial charge in [0.05, 0.1) is 5.92 Å². The summed E-state index contributed by atoms with van der Waals surface area (Å²) in [7, 11) is 0. The molecule has 0 radical (unpaired) electrons. The first-order valence-corrected chi connectivity index (χ1v) is 11.2. The summed E-state index contributed by atoms with van der Waals surface area (Å²) >= 11 is 5.97. The summed E-state index contributed by atoms with van der Waals surface area (Å²) in [4.78, 5) is 37.3. The molecule has 166 valence electrons. The van der Waals surface area contributed by atoms with Crippen LogP contribution in [0.25, 0.3) is 11.2 Å². The van der Waals surface area contributed by atoms with Gasteiger partial charge in [-0.1, -0.05) is 42.8 Å². The van der Waals surface area contributed by atoms with E-state index in [9.17, 15) is 9.59 Å². The second-order valence-electron chi connectivity index (χ2n) is 8.08. The molecule has 0 spiro atoms. The molecule has 3 aromatic heterocycles. The van der Waals surface area contributed by atoms with Gasteiger partial charge in [0.1, 0.15) is 0 Å². The van der Waals surface area contributed by atoms with Crippen LogP contribution in [-0.4, -0.2) is 29.2 Å². The fraction of sp³-hybridized carbons (Fsp3) is 0.409. The predicted molar refractivity (Wildman–Crippen MR) is 119 cm³/mol. The average molecular weight is 455 g/mol. The van der Waals surface area contributed by atoms with Gasteiger partial charge in [-0.15, -0.1) is 0 Å². The van der Waals surface area contributed by atoms with E-state index in [4.69, 9.17) is 16.1 Å². The second-order valence-corrected chi connectivity index (χ2v) is 8.43. The minimum absolute atomic E-state index is 0.0930. The first-order valence-electron chi connectivity index (χ1n) is 10.9. The molecule has 9 nitrogen and oxygen atoms in total. The largest absolute Gasteiger partial charge is 0.339 e. The molecule has 3 heterocycles. The van der Waals surface area contributed by atoms with Crippen molar-refractivity contribution in [2.75, 3.05) is 0 Å². The fourth-order valence-corrected chi connectivity index (χ4v) is 4.42. The molecular weight excluding hydrogens is 432 g/mol. The van der Waals surface area contributed by atoms with Gasteiger partial charge in [0.15, 0.2) is 17.0 Å². The van der Waals surface area contributed by atoms with Crippen LogP contribution in [0.2, 0.25) is 5.28 Å². The lowest BCUT2D eigenvalue weighted by Gasteiger charge is -2.27. The number of hydrogen-bond acceptors (Lipinski definition) is 6. The zero-order valence-electron chi connectivity index (χ0n) is 17.7. The minimum atomic E-state index is -0.422. The van der Waals surface area contributed by atoms with Crippen LogP contribution in [-0.2, 0) is 25.9 Å². The molecular formula is C22H23ClN6O3. The fourth-order valence-electron chi connectivity index (χ4n) is 4.24. The maximum atomic E-state index is 13.0. The lowest BCUT2D eigenvalue weighted by atomic mass is 9.77. The van der Waals surface area contributed by atoms with Gasteiger partial charge in [0, 0.05) is 19.5 Å². The number of halogens is 1. The smallest absolute Gasteiger partial charge is 0.332 e. The highest BCUT2D eigenvalue weighted by Gasteiger charge is 2.30. The number of aromatic nitrogens is 6. The van der Waals surface area contributed by atoms with Crippen molar-refractivity contribution in [2.45, 2.75) is 58.0 Å². The van der Waals surface area contributed by atoms with E-state index >= 15 is 0 Å². The Morgan fingerprint density at radius 2 is 1.97 bits per heavy atom. The number of nitrogens with zero attached hydrogens (tertiary/aromatic N) is 5. The molecule has 0 aliphatic heterocycles. The molecule has 0 saturated carbocycles. The third kappa shape index (κ3) is 3.56. The van der Waals surface area contributed by atoms with Crippen LogP contribution in [0.3, 0.4) is 0 Å². The Kier molecular flexibility index (Phi) is 5.42. The van der Waals surface area contributed by atoms with Crippen molar-refractivity contribution in [1.82, 2.24) is 29.2 Å². The number of H-pyrrole nitrogens is 1. The number of aryl methyl sites for hydroxylation is 2. The Morgan fingerprint density at radius 3 is 2.78 bits per heavy atom. The van der Waals surface area contributed by atoms with Gasteiger partial charge < -0.3 is 9.51 Å². The molecule has 1 aliphatic carbocycles. The Morgan fingerprint density at radius 1 is 1.16 bits per heavy atom. The molecule has 0 bridgehead atoms. The van der Waals surface area contributed by atoms with Crippen LogP contribution >= 0.6 is 11.6 Å². The van der Waals surface area contributed by atoms with Crippen LogP contribution in [0.5, 0.6) is 0 Å². The zero-order valence-corrected chi connectivity index (χ0v) is 18.4. The van der Waals surface area contributed by atoms with Crippen LogP contribution in [0.1, 0.15) is 54.9 Å². The Hall–Kier alpha value is -3.20. The molecule has 0 saturated heterocycles. The van der Waals surface area contributed by atoms with Crippen molar-refractivity contribution in [3.63, 3.8) is 0 Å². The quantitative estimate of drug-likeness (QED) is 0.409. The Balaban J connectivity index is 1.33. The second kappa shape index (κ2) is 8.38. The molecule has 0 amide bonds. The lowest BCUT2D eigenvalue weighted by molar-refractivity contribution is 0.363. The molecule has 1 aromatic carbocycles. The van der Waals surface area contributed by atoms with E-state index in [1.807, 2.05) is 19.1 Å². The van der Waals surface area contributed by atoms with Crippen LogP contribution in [0.15, 0.2) is 38.4 Å².